The Hall–Kier alpha value is -1.37. The van der Waals surface area contributed by atoms with Crippen molar-refractivity contribution in [2.45, 2.75) is 6.92 Å². The second kappa shape index (κ2) is 4.01. The summed E-state index contributed by atoms with van der Waals surface area (Å²) in [4.78, 5) is 5.26. The smallest absolute Gasteiger partial charge is 0.147 e. The number of thiophene rings is 1. The van der Waals surface area contributed by atoms with E-state index in [0.29, 0.717) is 5.56 Å². The Morgan fingerprint density at radius 2 is 2.33 bits per heavy atom. The molecule has 2 aromatic rings. The fourth-order valence-electron chi connectivity index (χ4n) is 1.32. The van der Waals surface area contributed by atoms with Crippen LogP contribution >= 0.6 is 22.9 Å². The average molecular weight is 235 g/mol. The molecule has 0 saturated heterocycles. The highest BCUT2D eigenvalue weighted by atomic mass is 35.5. The van der Waals surface area contributed by atoms with E-state index in [1.807, 2.05) is 36.6 Å². The first-order valence-electron chi connectivity index (χ1n) is 4.33. The lowest BCUT2D eigenvalue weighted by atomic mass is 10.1. The molecule has 0 unspecified atom stereocenters. The number of rotatable bonds is 1. The van der Waals surface area contributed by atoms with Gasteiger partial charge in [-0.3, -0.25) is 0 Å². The van der Waals surface area contributed by atoms with Crippen molar-refractivity contribution in [3.63, 3.8) is 0 Å². The quantitative estimate of drug-likeness (QED) is 0.707. The molecule has 0 amide bonds. The Morgan fingerprint density at radius 1 is 1.53 bits per heavy atom. The molecule has 0 aliphatic carbocycles. The van der Waals surface area contributed by atoms with Crippen molar-refractivity contribution in [3.8, 4) is 16.6 Å². The monoisotopic (exact) mass is 234 g/mol. The third-order valence-electron chi connectivity index (χ3n) is 2.06. The van der Waals surface area contributed by atoms with Gasteiger partial charge in [-0.05, 0) is 30.0 Å². The molecule has 2 nitrogen and oxygen atoms in total. The summed E-state index contributed by atoms with van der Waals surface area (Å²) in [5.74, 6) is 0. The summed E-state index contributed by atoms with van der Waals surface area (Å²) in [5.41, 5.74) is 2.14. The number of aryl methyl sites for hydroxylation is 1. The Labute approximate surface area is 96.8 Å². The molecule has 0 fully saturated rings. The van der Waals surface area contributed by atoms with Gasteiger partial charge in [0.05, 0.1) is 16.1 Å². The predicted molar refractivity (Wildman–Crippen MR) is 62.0 cm³/mol. The van der Waals surface area contributed by atoms with Crippen molar-refractivity contribution < 1.29 is 0 Å². The number of aromatic nitrogens is 1. The third-order valence-corrected chi connectivity index (χ3v) is 3.22. The van der Waals surface area contributed by atoms with Crippen LogP contribution in [0.1, 0.15) is 11.1 Å². The van der Waals surface area contributed by atoms with Gasteiger partial charge in [0.15, 0.2) is 0 Å². The van der Waals surface area contributed by atoms with Gasteiger partial charge in [-0.15, -0.1) is 11.3 Å². The molecule has 4 heteroatoms. The van der Waals surface area contributed by atoms with Crippen molar-refractivity contribution in [2.24, 2.45) is 0 Å². The Kier molecular flexibility index (Phi) is 2.72. The van der Waals surface area contributed by atoms with Gasteiger partial charge in [-0.1, -0.05) is 17.7 Å². The minimum absolute atomic E-state index is 0.279. The SMILES string of the molecule is Cc1cc(-c2cccs2)nc(Cl)c1C#N. The first-order chi connectivity index (χ1) is 7.22. The highest BCUT2D eigenvalue weighted by molar-refractivity contribution is 7.13. The van der Waals surface area contributed by atoms with E-state index in [4.69, 9.17) is 16.9 Å². The van der Waals surface area contributed by atoms with E-state index < -0.39 is 0 Å². The number of nitrogens with zero attached hydrogens (tertiary/aromatic N) is 2. The molecule has 2 heterocycles. The van der Waals surface area contributed by atoms with Crippen LogP contribution in [0.3, 0.4) is 0 Å². The first-order valence-corrected chi connectivity index (χ1v) is 5.59. The molecule has 0 spiro atoms. The van der Waals surface area contributed by atoms with Crippen LogP contribution in [0.2, 0.25) is 5.15 Å². The van der Waals surface area contributed by atoms with Gasteiger partial charge in [0.1, 0.15) is 11.2 Å². The van der Waals surface area contributed by atoms with E-state index in [-0.39, 0.29) is 5.15 Å². The maximum absolute atomic E-state index is 8.85. The van der Waals surface area contributed by atoms with E-state index in [1.54, 1.807) is 11.3 Å². The molecular weight excluding hydrogens is 228 g/mol. The zero-order valence-electron chi connectivity index (χ0n) is 7.99. The molecule has 0 atom stereocenters. The van der Waals surface area contributed by atoms with E-state index in [1.165, 1.54) is 0 Å². The minimum Gasteiger partial charge on any atom is -0.234 e. The topological polar surface area (TPSA) is 36.7 Å². The molecule has 2 aromatic heterocycles. The molecule has 0 saturated carbocycles. The van der Waals surface area contributed by atoms with Gasteiger partial charge in [-0.25, -0.2) is 4.98 Å². The summed E-state index contributed by atoms with van der Waals surface area (Å²) < 4.78 is 0. The van der Waals surface area contributed by atoms with E-state index in [0.717, 1.165) is 16.1 Å². The largest absolute Gasteiger partial charge is 0.234 e. The van der Waals surface area contributed by atoms with E-state index in [9.17, 15) is 0 Å². The van der Waals surface area contributed by atoms with Gasteiger partial charge in [0.25, 0.3) is 0 Å². The third kappa shape index (κ3) is 1.87. The van der Waals surface area contributed by atoms with Crippen LogP contribution in [0.15, 0.2) is 23.6 Å². The maximum Gasteiger partial charge on any atom is 0.147 e. The molecule has 0 bridgehead atoms. The Bertz CT molecular complexity index is 503. The minimum atomic E-state index is 0.279. The van der Waals surface area contributed by atoms with Gasteiger partial charge >= 0.3 is 0 Å². The van der Waals surface area contributed by atoms with Crippen LogP contribution < -0.4 is 0 Å². The lowest BCUT2D eigenvalue weighted by Gasteiger charge is -2.03. The molecule has 0 aromatic carbocycles. The fraction of sp³-hybridized carbons (Fsp3) is 0.0909. The van der Waals surface area contributed by atoms with E-state index >= 15 is 0 Å². The maximum atomic E-state index is 8.85. The number of pyridine rings is 1. The number of halogens is 1. The molecular formula is C11H7ClN2S. The Morgan fingerprint density at radius 3 is 2.87 bits per heavy atom. The van der Waals surface area contributed by atoms with Crippen molar-refractivity contribution in [1.82, 2.24) is 4.98 Å². The van der Waals surface area contributed by atoms with Crippen molar-refractivity contribution in [2.75, 3.05) is 0 Å². The second-order valence-corrected chi connectivity index (χ2v) is 4.39. The van der Waals surface area contributed by atoms with E-state index in [2.05, 4.69) is 4.98 Å². The molecule has 0 aliphatic heterocycles. The second-order valence-electron chi connectivity index (χ2n) is 3.08. The van der Waals surface area contributed by atoms with Gasteiger partial charge in [0, 0.05) is 0 Å². The number of hydrogen-bond acceptors (Lipinski definition) is 3. The van der Waals surface area contributed by atoms with Gasteiger partial charge < -0.3 is 0 Å². The van der Waals surface area contributed by atoms with Crippen molar-refractivity contribution in [1.29, 1.82) is 5.26 Å². The van der Waals surface area contributed by atoms with Crippen molar-refractivity contribution >= 4 is 22.9 Å². The summed E-state index contributed by atoms with van der Waals surface area (Å²) in [6.45, 7) is 1.86. The zero-order valence-corrected chi connectivity index (χ0v) is 9.56. The molecule has 74 valence electrons. The fourth-order valence-corrected chi connectivity index (χ4v) is 2.29. The summed E-state index contributed by atoms with van der Waals surface area (Å²) in [5, 5.41) is 11.1. The summed E-state index contributed by atoms with van der Waals surface area (Å²) in [6.07, 6.45) is 0. The molecule has 0 N–H and O–H groups in total. The number of hydrogen-bond donors (Lipinski definition) is 0. The predicted octanol–water partition coefficient (Wildman–Crippen LogP) is 3.64. The van der Waals surface area contributed by atoms with Crippen LogP contribution in [0.5, 0.6) is 0 Å². The van der Waals surface area contributed by atoms with Crippen LogP contribution in [0.25, 0.3) is 10.6 Å². The zero-order chi connectivity index (χ0) is 10.8. The summed E-state index contributed by atoms with van der Waals surface area (Å²) in [6, 6.07) is 7.87. The highest BCUT2D eigenvalue weighted by Gasteiger charge is 2.09. The first kappa shape index (κ1) is 10.2. The molecule has 0 aliphatic rings. The highest BCUT2D eigenvalue weighted by Crippen LogP contribution is 2.27. The Balaban J connectivity index is 2.59. The number of nitriles is 1. The van der Waals surface area contributed by atoms with Gasteiger partial charge in [-0.2, -0.15) is 5.26 Å². The van der Waals surface area contributed by atoms with Crippen LogP contribution in [-0.4, -0.2) is 4.98 Å². The summed E-state index contributed by atoms with van der Waals surface area (Å²) in [7, 11) is 0. The summed E-state index contributed by atoms with van der Waals surface area (Å²) >= 11 is 7.53. The van der Waals surface area contributed by atoms with Gasteiger partial charge in [0.2, 0.25) is 0 Å². The lowest BCUT2D eigenvalue weighted by molar-refractivity contribution is 1.26. The normalized spacial score (nSPS) is 9.93. The van der Waals surface area contributed by atoms with Crippen molar-refractivity contribution in [3.05, 3.63) is 39.9 Å². The molecule has 15 heavy (non-hydrogen) atoms. The average Bonchev–Trinajstić information content (AvgIpc) is 2.69. The molecule has 2 rings (SSSR count). The molecule has 0 radical (unpaired) electrons. The lowest BCUT2D eigenvalue weighted by Crippen LogP contribution is -1.90. The standard InChI is InChI=1S/C11H7ClN2S/c1-7-5-9(10-3-2-4-15-10)14-11(12)8(7)6-13/h2-5H,1H3. The van der Waals surface area contributed by atoms with Crippen LogP contribution in [0.4, 0.5) is 0 Å². The van der Waals surface area contributed by atoms with Crippen LogP contribution in [-0.2, 0) is 0 Å². The van der Waals surface area contributed by atoms with Crippen LogP contribution in [0, 0.1) is 18.3 Å².